The van der Waals surface area contributed by atoms with Crippen molar-refractivity contribution >= 4 is 40.8 Å². The molecule has 8 rings (SSSR count). The summed E-state index contributed by atoms with van der Waals surface area (Å²) < 4.78 is 25.3. The molecular weight excluding hydrogens is 823 g/mol. The van der Waals surface area contributed by atoms with Gasteiger partial charge < -0.3 is 28.5 Å². The molecule has 0 radical (unpaired) electrons. The number of aromatic nitrogens is 3. The number of ether oxygens (including phenoxy) is 4. The van der Waals surface area contributed by atoms with E-state index in [9.17, 15) is 9.59 Å². The summed E-state index contributed by atoms with van der Waals surface area (Å²) >= 11 is 0. The van der Waals surface area contributed by atoms with Crippen LogP contribution < -0.4 is 0 Å². The number of allylic oxidation sites excluding steroid dienone is 1. The lowest BCUT2D eigenvalue weighted by Gasteiger charge is -2.27. The predicted molar refractivity (Wildman–Crippen MR) is 243 cm³/mol. The highest BCUT2D eigenvalue weighted by atomic mass is 16.5. The number of esters is 4. The van der Waals surface area contributed by atoms with Crippen LogP contribution in [-0.4, -0.2) is 57.4 Å². The molecule has 332 valence electrons. The summed E-state index contributed by atoms with van der Waals surface area (Å²) in [7, 11) is 0. The summed E-state index contributed by atoms with van der Waals surface area (Å²) in [4.78, 5) is 83.0. The molecule has 0 unspecified atom stereocenters. The van der Waals surface area contributed by atoms with Crippen LogP contribution in [0.25, 0.3) is 22.7 Å². The van der Waals surface area contributed by atoms with E-state index in [0.29, 0.717) is 35.2 Å². The van der Waals surface area contributed by atoms with Gasteiger partial charge in [0.05, 0.1) is 35.6 Å². The van der Waals surface area contributed by atoms with Crippen molar-refractivity contribution < 1.29 is 42.9 Å². The number of benzene rings is 4. The maximum Gasteiger partial charge on any atom is 0.355 e. The van der Waals surface area contributed by atoms with Gasteiger partial charge >= 0.3 is 23.9 Å². The van der Waals surface area contributed by atoms with Crippen molar-refractivity contribution in [2.45, 2.75) is 72.6 Å². The monoisotopic (exact) mass is 873 g/mol. The van der Waals surface area contributed by atoms with E-state index in [1.54, 1.807) is 38.5 Å². The molecule has 65 heavy (non-hydrogen) atoms. The van der Waals surface area contributed by atoms with Gasteiger partial charge in [-0.3, -0.25) is 14.4 Å². The summed E-state index contributed by atoms with van der Waals surface area (Å²) in [5.41, 5.74) is -2.25. The second-order valence-electron chi connectivity index (χ2n) is 16.4. The predicted octanol–water partition coefficient (Wildman–Crippen LogP) is 9.26. The maximum absolute atomic E-state index is 15.8. The number of imidazole rings is 1. The van der Waals surface area contributed by atoms with Gasteiger partial charge in [-0.15, -0.1) is 0 Å². The Morgan fingerprint density at radius 2 is 1.20 bits per heavy atom. The summed E-state index contributed by atoms with van der Waals surface area (Å²) in [5.74, 6) is -3.34. The fourth-order valence-corrected chi connectivity index (χ4v) is 9.85. The van der Waals surface area contributed by atoms with Crippen LogP contribution in [0.2, 0.25) is 0 Å². The van der Waals surface area contributed by atoms with E-state index in [4.69, 9.17) is 23.9 Å². The number of H-pyrrole nitrogens is 1. The molecule has 0 bridgehead atoms. The molecule has 0 aliphatic heterocycles. The molecule has 3 atom stereocenters. The Labute approximate surface area is 377 Å². The molecule has 1 fully saturated rings. The third-order valence-electron chi connectivity index (χ3n) is 12.8. The van der Waals surface area contributed by atoms with Gasteiger partial charge in [-0.2, -0.15) is 0 Å². The van der Waals surface area contributed by atoms with E-state index in [-0.39, 0.29) is 66.0 Å². The highest BCUT2D eigenvalue weighted by Crippen LogP contribution is 2.88. The number of nitrogens with one attached hydrogen (secondary N) is 1. The zero-order valence-corrected chi connectivity index (χ0v) is 37.1. The first-order valence-electron chi connectivity index (χ1n) is 22.0. The number of fused-ring (bicyclic) bond motifs is 1. The minimum Gasteiger partial charge on any atom is -0.465 e. The largest absolute Gasteiger partial charge is 0.465 e. The fraction of sp³-hybridized carbons (Fsp3) is 0.283. The van der Waals surface area contributed by atoms with Gasteiger partial charge in [0, 0.05) is 18.3 Å². The number of hydrogen-bond acceptors (Lipinski definition) is 10. The third kappa shape index (κ3) is 6.99. The van der Waals surface area contributed by atoms with Crippen LogP contribution in [0, 0.1) is 17.8 Å². The van der Waals surface area contributed by atoms with Gasteiger partial charge in [0.15, 0.2) is 11.6 Å². The second-order valence-corrected chi connectivity index (χ2v) is 16.4. The lowest BCUT2D eigenvalue weighted by Crippen LogP contribution is -2.39. The summed E-state index contributed by atoms with van der Waals surface area (Å²) in [6.07, 6.45) is 3.06. The number of ketones is 1. The number of rotatable bonds is 17. The average Bonchev–Trinajstić information content (AvgIpc) is 3.65. The maximum atomic E-state index is 15.8. The van der Waals surface area contributed by atoms with Crippen LogP contribution in [0.3, 0.4) is 0 Å². The number of Topliss-reactive ketones (excluding diaryl/α,β-unsaturated/α-hetero) is 1. The molecule has 4 aromatic carbocycles. The van der Waals surface area contributed by atoms with Crippen molar-refractivity contribution in [1.82, 2.24) is 14.5 Å². The van der Waals surface area contributed by atoms with Gasteiger partial charge in [-0.25, -0.2) is 14.6 Å². The molecule has 0 saturated heterocycles. The number of nitrogens with zero attached hydrogens (tertiary/aromatic N) is 2. The van der Waals surface area contributed by atoms with Gasteiger partial charge in [0.25, 0.3) is 0 Å². The van der Waals surface area contributed by atoms with Gasteiger partial charge in [-0.05, 0) is 67.5 Å². The lowest BCUT2D eigenvalue weighted by atomic mass is 9.76. The van der Waals surface area contributed by atoms with Crippen molar-refractivity contribution in [3.63, 3.8) is 0 Å². The zero-order valence-electron chi connectivity index (χ0n) is 37.1. The number of carbonyl (C=O) groups is 5. The summed E-state index contributed by atoms with van der Waals surface area (Å²) in [6.45, 7) is 8.78. The highest BCUT2D eigenvalue weighted by Gasteiger charge is 3.00. The van der Waals surface area contributed by atoms with Crippen LogP contribution in [0.15, 0.2) is 128 Å². The van der Waals surface area contributed by atoms with Crippen molar-refractivity contribution in [3.8, 4) is 11.5 Å². The first-order valence-corrected chi connectivity index (χ1v) is 22.0. The van der Waals surface area contributed by atoms with E-state index in [2.05, 4.69) is 4.98 Å². The Morgan fingerprint density at radius 1 is 0.662 bits per heavy atom. The molecule has 2 heterocycles. The van der Waals surface area contributed by atoms with E-state index in [1.165, 1.54) is 0 Å². The number of hydrogen-bond donors (Lipinski definition) is 1. The van der Waals surface area contributed by atoms with Crippen molar-refractivity contribution in [2.24, 2.45) is 10.8 Å². The minimum absolute atomic E-state index is 0.0207. The van der Waals surface area contributed by atoms with E-state index in [0.717, 1.165) is 12.0 Å². The Morgan fingerprint density at radius 3 is 1.77 bits per heavy atom. The van der Waals surface area contributed by atoms with Gasteiger partial charge in [0.1, 0.15) is 29.7 Å². The molecular formula is C53H51N3O9. The molecule has 0 spiro atoms. The zero-order chi connectivity index (χ0) is 45.9. The average molecular weight is 874 g/mol. The Balaban J connectivity index is 1.41. The Hall–Kier alpha value is -7.34. The molecule has 0 amide bonds. The fourth-order valence-electron chi connectivity index (χ4n) is 9.85. The second kappa shape index (κ2) is 18.0. The quantitative estimate of drug-likeness (QED) is 0.0693. The number of aromatic amines is 1. The van der Waals surface area contributed by atoms with E-state index < -0.39 is 45.9 Å². The lowest BCUT2D eigenvalue weighted by molar-refractivity contribution is -0.155. The normalized spacial score (nSPS) is 19.7. The van der Waals surface area contributed by atoms with Crippen molar-refractivity contribution in [2.75, 3.05) is 13.2 Å². The molecule has 12 heteroatoms. The Bertz CT molecular complexity index is 2800. The van der Waals surface area contributed by atoms with Crippen LogP contribution in [0.4, 0.5) is 0 Å². The Kier molecular flexibility index (Phi) is 12.3. The molecule has 12 nitrogen and oxygen atoms in total. The number of unbranched alkanes of at least 4 members (excludes halogenated alkanes) is 1. The molecule has 1 N–H and O–H groups in total. The first-order chi connectivity index (χ1) is 31.5. The van der Waals surface area contributed by atoms with Gasteiger partial charge in [-0.1, -0.05) is 135 Å². The molecule has 2 aliphatic rings. The van der Waals surface area contributed by atoms with Crippen LogP contribution in [0.1, 0.15) is 94.9 Å². The third-order valence-corrected chi connectivity index (χ3v) is 12.8. The highest BCUT2D eigenvalue weighted by molar-refractivity contribution is 6.44. The van der Waals surface area contributed by atoms with Crippen LogP contribution >= 0.6 is 0 Å². The van der Waals surface area contributed by atoms with Gasteiger partial charge in [0.2, 0.25) is 0 Å². The SMILES string of the molecule is CCCCn1cc([C@]2(C(=O)OCc3ccccc3)[C@]3(C)C(=O)C(c4ccccc4)=C(c4ccccc4)[C@@]32C(=O)OCC)nc1-c1[nH]c(C(=O)OCC)c(C)c1C(=O)OCc1ccccc1. The smallest absolute Gasteiger partial charge is 0.355 e. The van der Waals surface area contributed by atoms with Crippen molar-refractivity contribution in [3.05, 3.63) is 172 Å². The van der Waals surface area contributed by atoms with Crippen molar-refractivity contribution in [1.29, 1.82) is 0 Å². The topological polar surface area (TPSA) is 156 Å². The van der Waals surface area contributed by atoms with E-state index >= 15 is 14.4 Å². The number of carbonyl (C=O) groups excluding carboxylic acids is 5. The summed E-state index contributed by atoms with van der Waals surface area (Å²) in [5, 5.41) is 0. The molecule has 2 aromatic heterocycles. The van der Waals surface area contributed by atoms with E-state index in [1.807, 2.05) is 128 Å². The van der Waals surface area contributed by atoms with Crippen LogP contribution in [0.5, 0.6) is 0 Å². The molecule has 6 aromatic rings. The summed E-state index contributed by atoms with van der Waals surface area (Å²) in [6, 6.07) is 36.5. The van der Waals surface area contributed by atoms with Crippen LogP contribution in [-0.2, 0) is 58.5 Å². The first kappa shape index (κ1) is 44.3. The number of aryl methyl sites for hydroxylation is 1. The standard InChI is InChI=1S/C53H51N3O9/c1-6-9-30-56-31-39(54-46(56)44-40(34(4)43(55-44)48(59)62-7-2)47(58)64-32-35-22-14-10-15-23-35)52(49(60)65-33-36-24-16-11-17-25-36)51(5)45(57)41(37-26-18-12-19-27-37)42(38-28-20-13-21-29-38)53(51,52)50(61)63-8-3/h10-29,31,55H,6-9,30,32-33H2,1-5H3/t51-,52-,53+/m0/s1. The minimum atomic E-state index is -2.10. The molecule has 1 saturated carbocycles. The molecule has 2 aliphatic carbocycles.